The number of halogens is 5. The third kappa shape index (κ3) is 11.9. The quantitative estimate of drug-likeness (QED) is 0.165. The van der Waals surface area contributed by atoms with E-state index in [0.29, 0.717) is 6.42 Å². The second kappa shape index (κ2) is 14.4. The van der Waals surface area contributed by atoms with Gasteiger partial charge in [-0.3, -0.25) is 0 Å². The van der Waals surface area contributed by atoms with Gasteiger partial charge in [0.05, 0.1) is 0 Å². The molecule has 0 aliphatic rings. The van der Waals surface area contributed by atoms with Gasteiger partial charge in [-0.2, -0.15) is 22.0 Å². The fraction of sp³-hybridized carbons (Fsp3) is 0.900. The number of unbranched alkanes of at least 4 members (excludes halogenated alkanes) is 11. The number of aliphatic hydroxyl groups excluding tert-OH is 1. The molecule has 0 heterocycles. The van der Waals surface area contributed by atoms with Crippen LogP contribution in [0.1, 0.15) is 96.8 Å². The van der Waals surface area contributed by atoms with Crippen molar-refractivity contribution in [3.05, 3.63) is 12.2 Å². The molecule has 1 N–H and O–H groups in total. The summed E-state index contributed by atoms with van der Waals surface area (Å²) < 4.78 is 61.8. The average molecular weight is 386 g/mol. The van der Waals surface area contributed by atoms with Crippen molar-refractivity contribution < 1.29 is 27.1 Å². The normalized spacial score (nSPS) is 14.3. The van der Waals surface area contributed by atoms with Gasteiger partial charge in [-0.15, -0.1) is 0 Å². The summed E-state index contributed by atoms with van der Waals surface area (Å²) in [6.07, 6.45) is 8.78. The Bertz CT molecular complexity index is 353. The molecule has 0 aromatic carbocycles. The van der Waals surface area contributed by atoms with Crippen LogP contribution in [0.3, 0.4) is 0 Å². The lowest BCUT2D eigenvalue weighted by atomic mass is 10.0. The maximum absolute atomic E-state index is 12.8. The maximum atomic E-state index is 12.8. The van der Waals surface area contributed by atoms with Gasteiger partial charge < -0.3 is 5.11 Å². The molecule has 0 aliphatic heterocycles. The van der Waals surface area contributed by atoms with E-state index in [1.54, 1.807) is 0 Å². The fourth-order valence-electron chi connectivity index (χ4n) is 2.78. The number of alkyl halides is 5. The topological polar surface area (TPSA) is 20.2 Å². The van der Waals surface area contributed by atoms with Crippen LogP contribution in [0.4, 0.5) is 22.0 Å². The first-order chi connectivity index (χ1) is 12.2. The van der Waals surface area contributed by atoms with Crippen molar-refractivity contribution in [3.8, 4) is 0 Å². The molecule has 1 unspecified atom stereocenters. The highest BCUT2D eigenvalue weighted by Gasteiger charge is 2.61. The Labute approximate surface area is 155 Å². The Balaban J connectivity index is 3.47. The molecular weight excluding hydrogens is 351 g/mol. The zero-order valence-corrected chi connectivity index (χ0v) is 16.0. The van der Waals surface area contributed by atoms with Gasteiger partial charge in [0.15, 0.2) is 0 Å². The van der Waals surface area contributed by atoms with E-state index in [-0.39, 0.29) is 6.42 Å². The van der Waals surface area contributed by atoms with Crippen LogP contribution in [0.2, 0.25) is 0 Å². The molecule has 0 bridgehead atoms. The van der Waals surface area contributed by atoms with Gasteiger partial charge in [0, 0.05) is 0 Å². The molecule has 0 aliphatic carbocycles. The van der Waals surface area contributed by atoms with E-state index >= 15 is 0 Å². The Hall–Kier alpha value is -0.650. The summed E-state index contributed by atoms with van der Waals surface area (Å²) in [5.74, 6) is -5.02. The van der Waals surface area contributed by atoms with Gasteiger partial charge in [0.1, 0.15) is 6.10 Å². The molecule has 0 amide bonds. The van der Waals surface area contributed by atoms with E-state index in [4.69, 9.17) is 5.11 Å². The monoisotopic (exact) mass is 386 g/mol. The number of hydrogen-bond acceptors (Lipinski definition) is 1. The Kier molecular flexibility index (Phi) is 14.1. The van der Waals surface area contributed by atoms with Crippen LogP contribution in [0.15, 0.2) is 12.2 Å². The van der Waals surface area contributed by atoms with Gasteiger partial charge in [0.2, 0.25) is 0 Å². The summed E-state index contributed by atoms with van der Waals surface area (Å²) in [5, 5.41) is 9.04. The number of aliphatic hydroxyl groups is 1. The zero-order valence-electron chi connectivity index (χ0n) is 16.0. The predicted octanol–water partition coefficient (Wildman–Crippen LogP) is 7.58. The van der Waals surface area contributed by atoms with Crippen LogP contribution in [0, 0.1) is 0 Å². The summed E-state index contributed by atoms with van der Waals surface area (Å²) in [7, 11) is 0. The van der Waals surface area contributed by atoms with Gasteiger partial charge in [-0.25, -0.2) is 0 Å². The molecule has 6 heteroatoms. The molecule has 0 spiro atoms. The highest BCUT2D eigenvalue weighted by atomic mass is 19.4. The third-order valence-electron chi connectivity index (χ3n) is 4.54. The molecule has 0 fully saturated rings. The van der Waals surface area contributed by atoms with Crippen LogP contribution in [-0.2, 0) is 0 Å². The predicted molar refractivity (Wildman–Crippen MR) is 96.5 cm³/mol. The minimum absolute atomic E-state index is 0.181. The second-order valence-corrected chi connectivity index (χ2v) is 7.01. The van der Waals surface area contributed by atoms with Crippen LogP contribution in [0.5, 0.6) is 0 Å². The van der Waals surface area contributed by atoms with E-state index in [1.165, 1.54) is 38.5 Å². The van der Waals surface area contributed by atoms with Crippen molar-refractivity contribution in [2.75, 3.05) is 0 Å². The molecule has 0 rings (SSSR count). The molecule has 0 aromatic rings. The van der Waals surface area contributed by atoms with Crippen molar-refractivity contribution >= 4 is 0 Å². The lowest BCUT2D eigenvalue weighted by molar-refractivity contribution is -0.313. The molecule has 0 saturated carbocycles. The van der Waals surface area contributed by atoms with Gasteiger partial charge >= 0.3 is 12.1 Å². The lowest BCUT2D eigenvalue weighted by Crippen LogP contribution is -2.46. The van der Waals surface area contributed by atoms with Crippen molar-refractivity contribution in [3.63, 3.8) is 0 Å². The first kappa shape index (κ1) is 25.4. The van der Waals surface area contributed by atoms with Crippen LogP contribution in [0.25, 0.3) is 0 Å². The van der Waals surface area contributed by atoms with Crippen molar-refractivity contribution in [1.82, 2.24) is 0 Å². The van der Waals surface area contributed by atoms with Crippen LogP contribution < -0.4 is 0 Å². The van der Waals surface area contributed by atoms with E-state index < -0.39 is 24.6 Å². The summed E-state index contributed by atoms with van der Waals surface area (Å²) in [4.78, 5) is 0. The van der Waals surface area contributed by atoms with Crippen molar-refractivity contribution in [2.45, 2.75) is 115 Å². The number of allylic oxidation sites excluding steroid dienone is 2. The summed E-state index contributed by atoms with van der Waals surface area (Å²) >= 11 is 0. The van der Waals surface area contributed by atoms with E-state index in [9.17, 15) is 22.0 Å². The Morgan fingerprint density at radius 2 is 1.12 bits per heavy atom. The molecular formula is C20H35F5O. The second-order valence-electron chi connectivity index (χ2n) is 7.01. The molecule has 26 heavy (non-hydrogen) atoms. The first-order valence-electron chi connectivity index (χ1n) is 10.0. The summed E-state index contributed by atoms with van der Waals surface area (Å²) in [6, 6.07) is 0. The fourth-order valence-corrected chi connectivity index (χ4v) is 2.78. The number of rotatable bonds is 16. The van der Waals surface area contributed by atoms with Crippen molar-refractivity contribution in [1.29, 1.82) is 0 Å². The van der Waals surface area contributed by atoms with E-state index in [1.807, 2.05) is 0 Å². The molecule has 0 saturated heterocycles. The smallest absolute Gasteiger partial charge is 0.386 e. The van der Waals surface area contributed by atoms with E-state index in [2.05, 4.69) is 19.1 Å². The van der Waals surface area contributed by atoms with Gasteiger partial charge in [-0.05, 0) is 32.1 Å². The molecule has 0 aromatic heterocycles. The highest BCUT2D eigenvalue weighted by molar-refractivity contribution is 4.84. The summed E-state index contributed by atoms with van der Waals surface area (Å²) in [6.45, 7) is 2.21. The average Bonchev–Trinajstić information content (AvgIpc) is 2.57. The molecule has 1 atom stereocenters. The molecule has 0 radical (unpaired) electrons. The maximum Gasteiger partial charge on any atom is 0.456 e. The minimum Gasteiger partial charge on any atom is -0.386 e. The minimum atomic E-state index is -5.69. The largest absolute Gasteiger partial charge is 0.456 e. The highest BCUT2D eigenvalue weighted by Crippen LogP contribution is 2.39. The first-order valence-corrected chi connectivity index (χ1v) is 10.0. The zero-order chi connectivity index (χ0) is 19.9. The standard InChI is InChI=1S/C20H35F5O/c1-2-3-4-5-6-7-8-9-10-11-12-13-14-15-16-17-18(26)19(21,22)20(23,24)25/h9-10,18,26H,2-8,11-17H2,1H3/b10-9-. The van der Waals surface area contributed by atoms with E-state index in [0.717, 1.165) is 32.1 Å². The Morgan fingerprint density at radius 1 is 0.692 bits per heavy atom. The third-order valence-corrected chi connectivity index (χ3v) is 4.54. The van der Waals surface area contributed by atoms with Crippen LogP contribution in [-0.4, -0.2) is 23.3 Å². The van der Waals surface area contributed by atoms with Crippen LogP contribution >= 0.6 is 0 Å². The molecule has 156 valence electrons. The van der Waals surface area contributed by atoms with Gasteiger partial charge in [0.25, 0.3) is 0 Å². The van der Waals surface area contributed by atoms with Crippen molar-refractivity contribution in [2.24, 2.45) is 0 Å². The lowest BCUT2D eigenvalue weighted by Gasteiger charge is -2.24. The molecule has 1 nitrogen and oxygen atoms in total. The Morgan fingerprint density at radius 3 is 1.58 bits per heavy atom. The SMILES string of the molecule is CCCCCCCC/C=C\CCCCCCCC(O)C(F)(F)C(F)(F)F. The number of hydrogen-bond donors (Lipinski definition) is 1. The summed E-state index contributed by atoms with van der Waals surface area (Å²) in [5.41, 5.74) is 0. The van der Waals surface area contributed by atoms with Gasteiger partial charge in [-0.1, -0.05) is 76.9 Å².